The number of carbonyl (C=O) groups is 1. The number of nitriles is 1. The molecule has 0 aliphatic heterocycles. The Morgan fingerprint density at radius 3 is 2.38 bits per heavy atom. The molecule has 24 heavy (non-hydrogen) atoms. The van der Waals surface area contributed by atoms with Crippen LogP contribution in [-0.2, 0) is 10.3 Å². The Balaban J connectivity index is 1.50. The van der Waals surface area contributed by atoms with Crippen molar-refractivity contribution in [2.45, 2.75) is 63.7 Å². The molecule has 1 spiro atoms. The molecule has 128 valence electrons. The van der Waals surface area contributed by atoms with Gasteiger partial charge in [-0.05, 0) is 69.6 Å². The Hall–Kier alpha value is -2.06. The van der Waals surface area contributed by atoms with Crippen LogP contribution in [0.25, 0.3) is 0 Å². The second-order valence-corrected chi connectivity index (χ2v) is 8.33. The lowest BCUT2D eigenvalue weighted by Crippen LogP contribution is -2.61. The molecule has 0 saturated heterocycles. The summed E-state index contributed by atoms with van der Waals surface area (Å²) in [5, 5.41) is 22.5. The highest BCUT2D eigenvalue weighted by atomic mass is 16.6. The highest BCUT2D eigenvalue weighted by molar-refractivity contribution is 5.68. The van der Waals surface area contributed by atoms with Crippen LogP contribution in [0.3, 0.4) is 0 Å². The molecule has 1 aromatic rings. The van der Waals surface area contributed by atoms with Crippen molar-refractivity contribution in [2.24, 2.45) is 5.41 Å². The number of ether oxygens (including phenoxy) is 1. The largest absolute Gasteiger partial charge is 0.444 e. The molecule has 2 aliphatic rings. The summed E-state index contributed by atoms with van der Waals surface area (Å²) in [6.45, 7) is 5.54. The van der Waals surface area contributed by atoms with Crippen LogP contribution in [0.2, 0.25) is 0 Å². The minimum Gasteiger partial charge on any atom is -0.444 e. The van der Waals surface area contributed by atoms with Crippen LogP contribution in [0, 0.1) is 16.7 Å². The third kappa shape index (κ3) is 3.25. The number of rotatable bonds is 2. The second-order valence-electron chi connectivity index (χ2n) is 8.33. The van der Waals surface area contributed by atoms with E-state index in [0.717, 1.165) is 18.4 Å². The Kier molecular flexibility index (Phi) is 3.84. The van der Waals surface area contributed by atoms with E-state index in [9.17, 15) is 9.90 Å². The van der Waals surface area contributed by atoms with E-state index in [0.29, 0.717) is 18.4 Å². The van der Waals surface area contributed by atoms with E-state index in [2.05, 4.69) is 11.4 Å². The van der Waals surface area contributed by atoms with Crippen molar-refractivity contribution in [3.63, 3.8) is 0 Å². The van der Waals surface area contributed by atoms with Gasteiger partial charge in [0, 0.05) is 6.04 Å². The predicted octanol–water partition coefficient (Wildman–Crippen LogP) is 3.21. The van der Waals surface area contributed by atoms with Crippen molar-refractivity contribution in [3.8, 4) is 6.07 Å². The normalized spacial score (nSPS) is 31.5. The molecule has 2 saturated carbocycles. The lowest BCUT2D eigenvalue weighted by molar-refractivity contribution is -0.177. The predicted molar refractivity (Wildman–Crippen MR) is 89.1 cm³/mol. The highest BCUT2D eigenvalue weighted by Gasteiger charge is 2.60. The molecule has 2 aliphatic carbocycles. The number of amides is 1. The molecule has 0 atom stereocenters. The van der Waals surface area contributed by atoms with Crippen LogP contribution in [-0.4, -0.2) is 22.8 Å². The molecular formula is C19H24N2O3. The maximum absolute atomic E-state index is 11.8. The summed E-state index contributed by atoms with van der Waals surface area (Å²) in [5.41, 5.74) is 0.308. The average molecular weight is 328 g/mol. The fourth-order valence-electron chi connectivity index (χ4n) is 4.10. The summed E-state index contributed by atoms with van der Waals surface area (Å²) in [6.07, 6.45) is 2.80. The minimum atomic E-state index is -0.801. The maximum Gasteiger partial charge on any atom is 0.407 e. The quantitative estimate of drug-likeness (QED) is 0.873. The Morgan fingerprint density at radius 2 is 1.88 bits per heavy atom. The van der Waals surface area contributed by atoms with Gasteiger partial charge in [-0.1, -0.05) is 12.1 Å². The third-order valence-corrected chi connectivity index (χ3v) is 4.97. The Labute approximate surface area is 142 Å². The van der Waals surface area contributed by atoms with E-state index >= 15 is 0 Å². The first-order valence-electron chi connectivity index (χ1n) is 8.36. The molecule has 0 radical (unpaired) electrons. The van der Waals surface area contributed by atoms with E-state index in [1.165, 1.54) is 0 Å². The fourth-order valence-corrected chi connectivity index (χ4v) is 4.10. The molecule has 3 rings (SSSR count). The Bertz CT molecular complexity index is 668. The van der Waals surface area contributed by atoms with Gasteiger partial charge in [-0.25, -0.2) is 4.79 Å². The van der Waals surface area contributed by atoms with Crippen LogP contribution in [0.4, 0.5) is 4.79 Å². The molecular weight excluding hydrogens is 304 g/mol. The van der Waals surface area contributed by atoms with Crippen LogP contribution in [0.15, 0.2) is 24.3 Å². The number of hydrogen-bond donors (Lipinski definition) is 2. The SMILES string of the molecule is CC(C)(C)OC(=O)NC1CC2(C1)CC(O)(c1ccc(C#N)cc1)C2. The van der Waals surface area contributed by atoms with Crippen LogP contribution < -0.4 is 5.32 Å². The first-order chi connectivity index (χ1) is 11.1. The van der Waals surface area contributed by atoms with Crippen molar-refractivity contribution in [2.75, 3.05) is 0 Å². The summed E-state index contributed by atoms with van der Waals surface area (Å²) in [5.74, 6) is 0. The molecule has 0 unspecified atom stereocenters. The number of carbonyl (C=O) groups excluding carboxylic acids is 1. The standard InChI is InChI=1S/C19H24N2O3/c1-17(2,3)24-16(22)21-15-8-18(9-15)11-19(23,12-18)14-6-4-13(10-20)5-7-14/h4-7,15,23H,8-9,11-12H2,1-3H3,(H,21,22). The van der Waals surface area contributed by atoms with Gasteiger partial charge in [-0.2, -0.15) is 5.26 Å². The molecule has 1 amide bonds. The van der Waals surface area contributed by atoms with Gasteiger partial charge in [0.1, 0.15) is 5.60 Å². The first kappa shape index (κ1) is 16.8. The molecule has 0 bridgehead atoms. The lowest BCUT2D eigenvalue weighted by Gasteiger charge is -2.61. The summed E-state index contributed by atoms with van der Waals surface area (Å²) < 4.78 is 5.27. The van der Waals surface area contributed by atoms with Gasteiger partial charge in [0.2, 0.25) is 0 Å². The zero-order valence-corrected chi connectivity index (χ0v) is 14.4. The fraction of sp³-hybridized carbons (Fsp3) is 0.579. The van der Waals surface area contributed by atoms with Crippen molar-refractivity contribution in [1.82, 2.24) is 5.32 Å². The van der Waals surface area contributed by atoms with Crippen molar-refractivity contribution >= 4 is 6.09 Å². The average Bonchev–Trinajstić information content (AvgIpc) is 2.41. The second kappa shape index (κ2) is 5.49. The number of benzene rings is 1. The van der Waals surface area contributed by atoms with Crippen molar-refractivity contribution < 1.29 is 14.6 Å². The summed E-state index contributed by atoms with van der Waals surface area (Å²) in [6, 6.07) is 9.37. The monoisotopic (exact) mass is 328 g/mol. The molecule has 2 N–H and O–H groups in total. The summed E-state index contributed by atoms with van der Waals surface area (Å²) >= 11 is 0. The molecule has 5 heteroatoms. The van der Waals surface area contributed by atoms with Crippen molar-refractivity contribution in [3.05, 3.63) is 35.4 Å². The van der Waals surface area contributed by atoms with E-state index in [1.807, 2.05) is 32.9 Å². The van der Waals surface area contributed by atoms with Gasteiger partial charge in [-0.15, -0.1) is 0 Å². The smallest absolute Gasteiger partial charge is 0.407 e. The molecule has 0 aromatic heterocycles. The van der Waals surface area contributed by atoms with Crippen molar-refractivity contribution in [1.29, 1.82) is 5.26 Å². The minimum absolute atomic E-state index is 0.127. The number of alkyl carbamates (subject to hydrolysis) is 1. The lowest BCUT2D eigenvalue weighted by atomic mass is 9.47. The molecule has 2 fully saturated rings. The molecule has 1 aromatic carbocycles. The highest BCUT2D eigenvalue weighted by Crippen LogP contribution is 2.63. The van der Waals surface area contributed by atoms with E-state index in [-0.39, 0.29) is 17.6 Å². The number of nitrogens with one attached hydrogen (secondary N) is 1. The van der Waals surface area contributed by atoms with E-state index in [1.54, 1.807) is 12.1 Å². The van der Waals surface area contributed by atoms with E-state index < -0.39 is 11.2 Å². The first-order valence-corrected chi connectivity index (χ1v) is 8.36. The van der Waals surface area contributed by atoms with Gasteiger partial charge in [0.15, 0.2) is 0 Å². The van der Waals surface area contributed by atoms with Gasteiger partial charge in [0.05, 0.1) is 17.2 Å². The van der Waals surface area contributed by atoms with E-state index in [4.69, 9.17) is 10.00 Å². The summed E-state index contributed by atoms with van der Waals surface area (Å²) in [4.78, 5) is 11.8. The zero-order valence-electron chi connectivity index (χ0n) is 14.4. The topological polar surface area (TPSA) is 82.3 Å². The third-order valence-electron chi connectivity index (χ3n) is 4.97. The van der Waals surface area contributed by atoms with Gasteiger partial charge in [-0.3, -0.25) is 0 Å². The maximum atomic E-state index is 11.8. The van der Waals surface area contributed by atoms with Gasteiger partial charge in [0.25, 0.3) is 0 Å². The number of hydrogen-bond acceptors (Lipinski definition) is 4. The Morgan fingerprint density at radius 1 is 1.29 bits per heavy atom. The molecule has 0 heterocycles. The van der Waals surface area contributed by atoms with Gasteiger partial charge < -0.3 is 15.2 Å². The zero-order chi connectivity index (χ0) is 17.6. The molecule has 5 nitrogen and oxygen atoms in total. The van der Waals surface area contributed by atoms with Crippen LogP contribution >= 0.6 is 0 Å². The van der Waals surface area contributed by atoms with Gasteiger partial charge >= 0.3 is 6.09 Å². The summed E-state index contributed by atoms with van der Waals surface area (Å²) in [7, 11) is 0. The number of nitrogens with zero attached hydrogens (tertiary/aromatic N) is 1. The van der Waals surface area contributed by atoms with Crippen LogP contribution in [0.1, 0.15) is 57.6 Å². The number of aliphatic hydroxyl groups is 1. The van der Waals surface area contributed by atoms with Crippen LogP contribution in [0.5, 0.6) is 0 Å².